The number of hydrogen-bond donors (Lipinski definition) is 1. The van der Waals surface area contributed by atoms with Gasteiger partial charge in [-0.2, -0.15) is 0 Å². The van der Waals surface area contributed by atoms with Gasteiger partial charge in [-0.25, -0.2) is 9.79 Å². The van der Waals surface area contributed by atoms with Gasteiger partial charge >= 0.3 is 5.97 Å². The summed E-state index contributed by atoms with van der Waals surface area (Å²) in [6, 6.07) is 7.36. The third kappa shape index (κ3) is 4.27. The summed E-state index contributed by atoms with van der Waals surface area (Å²) in [6.45, 7) is 3.50. The third-order valence-electron chi connectivity index (χ3n) is 6.45. The van der Waals surface area contributed by atoms with Crippen molar-refractivity contribution in [3.63, 3.8) is 0 Å². The highest BCUT2D eigenvalue weighted by atomic mass is 35.5. The number of ether oxygens (including phenoxy) is 4. The van der Waals surface area contributed by atoms with Crippen LogP contribution in [0, 0.1) is 0 Å². The second-order valence-corrected chi connectivity index (χ2v) is 10.0. The van der Waals surface area contributed by atoms with Gasteiger partial charge in [-0.1, -0.05) is 22.9 Å². The molecule has 202 valence electrons. The zero-order chi connectivity index (χ0) is 28.0. The summed E-state index contributed by atoms with van der Waals surface area (Å²) in [4.78, 5) is 45.3. The minimum Gasteiger partial charge on any atom is -0.493 e. The Kier molecular flexibility index (Phi) is 6.96. The summed E-state index contributed by atoms with van der Waals surface area (Å²) in [5.74, 6) is -0.0101. The smallest absolute Gasteiger partial charge is 0.338 e. The summed E-state index contributed by atoms with van der Waals surface area (Å²) < 4.78 is 23.4. The summed E-state index contributed by atoms with van der Waals surface area (Å²) in [5, 5.41) is 3.20. The van der Waals surface area contributed by atoms with Crippen LogP contribution >= 0.6 is 22.9 Å². The number of allylic oxidation sites excluding steroid dienone is 1. The summed E-state index contributed by atoms with van der Waals surface area (Å²) in [7, 11) is 4.43. The van der Waals surface area contributed by atoms with Gasteiger partial charge in [0.15, 0.2) is 16.3 Å². The molecule has 5 rings (SSSR count). The fraction of sp³-hybridized carbons (Fsp3) is 0.259. The average molecular weight is 570 g/mol. The van der Waals surface area contributed by atoms with E-state index in [-0.39, 0.29) is 22.3 Å². The molecule has 1 aromatic heterocycles. The predicted octanol–water partition coefficient (Wildman–Crippen LogP) is 2.80. The number of esters is 1. The van der Waals surface area contributed by atoms with E-state index in [4.69, 9.17) is 30.5 Å². The average Bonchev–Trinajstić information content (AvgIpc) is 3.41. The second-order valence-electron chi connectivity index (χ2n) is 8.60. The van der Waals surface area contributed by atoms with Gasteiger partial charge in [0.05, 0.1) is 50.8 Å². The molecular formula is C27H24ClN3O7S. The number of halogens is 1. The van der Waals surface area contributed by atoms with E-state index in [2.05, 4.69) is 10.3 Å². The first-order valence-electron chi connectivity index (χ1n) is 11.9. The number of fused-ring (bicyclic) bond motifs is 2. The molecule has 3 aromatic rings. The maximum atomic E-state index is 14.1. The van der Waals surface area contributed by atoms with Crippen molar-refractivity contribution < 1.29 is 28.5 Å². The van der Waals surface area contributed by atoms with Gasteiger partial charge in [-0.15, -0.1) is 0 Å². The van der Waals surface area contributed by atoms with Crippen LogP contribution in [0.3, 0.4) is 0 Å². The van der Waals surface area contributed by atoms with Crippen LogP contribution in [0.25, 0.3) is 5.57 Å². The Morgan fingerprint density at radius 3 is 2.41 bits per heavy atom. The van der Waals surface area contributed by atoms with Crippen molar-refractivity contribution >= 4 is 46.1 Å². The van der Waals surface area contributed by atoms with Crippen LogP contribution in [0.4, 0.5) is 5.69 Å². The minimum absolute atomic E-state index is 0.129. The van der Waals surface area contributed by atoms with Crippen molar-refractivity contribution in [2.45, 2.75) is 19.9 Å². The molecule has 1 amide bonds. The van der Waals surface area contributed by atoms with E-state index in [0.29, 0.717) is 49.6 Å². The van der Waals surface area contributed by atoms with Gasteiger partial charge in [0.2, 0.25) is 5.75 Å². The highest BCUT2D eigenvalue weighted by Gasteiger charge is 2.36. The third-order valence-corrected chi connectivity index (χ3v) is 7.74. The Hall–Kier alpha value is -4.09. The summed E-state index contributed by atoms with van der Waals surface area (Å²) in [6.07, 6.45) is 0. The normalized spacial score (nSPS) is 17.2. The number of amides is 1. The van der Waals surface area contributed by atoms with E-state index >= 15 is 0 Å². The van der Waals surface area contributed by atoms with E-state index in [1.54, 1.807) is 44.2 Å². The van der Waals surface area contributed by atoms with Gasteiger partial charge in [0, 0.05) is 16.3 Å². The number of methoxy groups -OCH3 is 3. The van der Waals surface area contributed by atoms with Crippen LogP contribution in [0.2, 0.25) is 5.02 Å². The highest BCUT2D eigenvalue weighted by molar-refractivity contribution is 7.07. The molecule has 0 spiro atoms. The summed E-state index contributed by atoms with van der Waals surface area (Å²) in [5.41, 5.74) is 1.82. The molecule has 0 aliphatic carbocycles. The van der Waals surface area contributed by atoms with Gasteiger partial charge in [0.1, 0.15) is 4.53 Å². The number of carbonyl (C=O) groups excluding carboxylic acids is 2. The van der Waals surface area contributed by atoms with Crippen LogP contribution in [-0.4, -0.2) is 44.4 Å². The van der Waals surface area contributed by atoms with Crippen LogP contribution in [0.1, 0.15) is 31.0 Å². The molecule has 0 unspecified atom stereocenters. The minimum atomic E-state index is -0.952. The Bertz CT molecular complexity index is 1730. The topological polar surface area (TPSA) is 117 Å². The van der Waals surface area contributed by atoms with Crippen molar-refractivity contribution in [1.82, 2.24) is 4.57 Å². The molecule has 0 fully saturated rings. The zero-order valence-corrected chi connectivity index (χ0v) is 23.3. The molecule has 2 aliphatic rings. The highest BCUT2D eigenvalue weighted by Crippen LogP contribution is 2.42. The van der Waals surface area contributed by atoms with E-state index < -0.39 is 23.5 Å². The van der Waals surface area contributed by atoms with Crippen molar-refractivity contribution in [2.75, 3.05) is 33.3 Å². The fourth-order valence-corrected chi connectivity index (χ4v) is 6.10. The Morgan fingerprint density at radius 2 is 1.79 bits per heavy atom. The Morgan fingerprint density at radius 1 is 1.10 bits per heavy atom. The lowest BCUT2D eigenvalue weighted by atomic mass is 9.95. The maximum absolute atomic E-state index is 14.1. The SMILES string of the molecule is CCOC(=O)C1=C(C)N=c2s/c(=C3\C(=O)Nc4ccc(Cl)cc43)c(=O)n2[C@@H]1c1cc(OC)c(OC)c(OC)c1. The van der Waals surface area contributed by atoms with E-state index in [0.717, 1.165) is 11.3 Å². The molecule has 10 nitrogen and oxygen atoms in total. The lowest BCUT2D eigenvalue weighted by Gasteiger charge is -2.26. The molecule has 1 atom stereocenters. The number of hydrogen-bond acceptors (Lipinski definition) is 9. The number of carbonyl (C=O) groups is 2. The largest absolute Gasteiger partial charge is 0.493 e. The lowest BCUT2D eigenvalue weighted by Crippen LogP contribution is -2.40. The van der Waals surface area contributed by atoms with Gasteiger partial charge < -0.3 is 24.3 Å². The van der Waals surface area contributed by atoms with Crippen LogP contribution in [0.5, 0.6) is 17.2 Å². The van der Waals surface area contributed by atoms with Crippen molar-refractivity contribution in [3.05, 3.63) is 77.4 Å². The Balaban J connectivity index is 1.85. The number of anilines is 1. The summed E-state index contributed by atoms with van der Waals surface area (Å²) >= 11 is 7.27. The first-order chi connectivity index (χ1) is 18.7. The maximum Gasteiger partial charge on any atom is 0.338 e. The van der Waals surface area contributed by atoms with Crippen molar-refractivity contribution in [2.24, 2.45) is 4.99 Å². The molecule has 0 radical (unpaired) electrons. The number of nitrogens with one attached hydrogen (secondary N) is 1. The van der Waals surface area contributed by atoms with Gasteiger partial charge in [0.25, 0.3) is 11.5 Å². The molecule has 39 heavy (non-hydrogen) atoms. The first-order valence-corrected chi connectivity index (χ1v) is 13.1. The van der Waals surface area contributed by atoms with Gasteiger partial charge in [-0.3, -0.25) is 14.2 Å². The van der Waals surface area contributed by atoms with Crippen LogP contribution in [0.15, 0.2) is 51.4 Å². The molecule has 2 aliphatic heterocycles. The predicted molar refractivity (Wildman–Crippen MR) is 146 cm³/mol. The van der Waals surface area contributed by atoms with E-state index in [1.165, 1.54) is 25.9 Å². The quantitative estimate of drug-likeness (QED) is 0.454. The van der Waals surface area contributed by atoms with Crippen LogP contribution < -0.4 is 34.4 Å². The molecule has 1 N–H and O–H groups in total. The first kappa shape index (κ1) is 26.5. The fourth-order valence-electron chi connectivity index (χ4n) is 4.78. The molecule has 0 saturated heterocycles. The number of benzene rings is 2. The number of aromatic nitrogens is 1. The van der Waals surface area contributed by atoms with Crippen molar-refractivity contribution in [1.29, 1.82) is 0 Å². The van der Waals surface area contributed by atoms with E-state index in [1.807, 2.05) is 0 Å². The zero-order valence-electron chi connectivity index (χ0n) is 21.7. The number of rotatable bonds is 6. The number of nitrogens with zero attached hydrogens (tertiary/aromatic N) is 2. The second kappa shape index (κ2) is 10.2. The van der Waals surface area contributed by atoms with Crippen LogP contribution in [-0.2, 0) is 14.3 Å². The molecule has 0 bridgehead atoms. The molecule has 0 saturated carbocycles. The molecule has 2 aromatic carbocycles. The van der Waals surface area contributed by atoms with E-state index in [9.17, 15) is 14.4 Å². The molecule has 3 heterocycles. The molecule has 12 heteroatoms. The monoisotopic (exact) mass is 569 g/mol. The lowest BCUT2D eigenvalue weighted by molar-refractivity contribution is -0.139. The Labute approximate surface area is 231 Å². The van der Waals surface area contributed by atoms with Gasteiger partial charge in [-0.05, 0) is 49.7 Å². The number of thiazole rings is 1. The molecular weight excluding hydrogens is 546 g/mol. The van der Waals surface area contributed by atoms with Crippen molar-refractivity contribution in [3.8, 4) is 17.2 Å². The standard InChI is InChI=1S/C27H24ClN3O7S/c1-6-38-26(34)19-12(2)29-27-31(21(19)13-9-17(35-3)22(37-5)18(10-13)36-4)25(33)23(39-27)20-15-11-14(28)7-8-16(15)30-24(20)32/h7-11,21H,6H2,1-5H3,(H,30,32)/b23-20-/t21-/m1/s1.